The Morgan fingerprint density at radius 1 is 1.14 bits per heavy atom. The summed E-state index contributed by atoms with van der Waals surface area (Å²) in [7, 11) is 1.64. The summed E-state index contributed by atoms with van der Waals surface area (Å²) in [5, 5.41) is 5.83. The first-order valence-electron chi connectivity index (χ1n) is 7.13. The zero-order chi connectivity index (χ0) is 14.8. The fourth-order valence-electron chi connectivity index (χ4n) is 2.09. The van der Waals surface area contributed by atoms with Gasteiger partial charge in [-0.1, -0.05) is 0 Å². The molecule has 1 fully saturated rings. The van der Waals surface area contributed by atoms with Gasteiger partial charge in [-0.3, -0.25) is 14.5 Å². The SMILES string of the molecule is CCNC(=O)CN1CCN(C(=O)CNCCOC)CC1.Cl.Cl. The molecule has 0 aromatic rings. The molecule has 1 heterocycles. The van der Waals surface area contributed by atoms with Crippen molar-refractivity contribution in [2.75, 3.05) is 66.1 Å². The second-order valence-electron chi connectivity index (χ2n) is 4.78. The van der Waals surface area contributed by atoms with E-state index < -0.39 is 0 Å². The van der Waals surface area contributed by atoms with Crippen molar-refractivity contribution < 1.29 is 14.3 Å². The summed E-state index contributed by atoms with van der Waals surface area (Å²) >= 11 is 0. The minimum atomic E-state index is 0. The first kappa shape index (κ1) is 23.7. The van der Waals surface area contributed by atoms with Crippen molar-refractivity contribution in [3.05, 3.63) is 0 Å². The van der Waals surface area contributed by atoms with Crippen LogP contribution in [0.1, 0.15) is 6.92 Å². The maximum atomic E-state index is 11.9. The van der Waals surface area contributed by atoms with E-state index in [0.29, 0.717) is 45.9 Å². The van der Waals surface area contributed by atoms with Crippen LogP contribution in [0.15, 0.2) is 0 Å². The summed E-state index contributed by atoms with van der Waals surface area (Å²) in [6.45, 7) is 7.49. The van der Waals surface area contributed by atoms with Crippen molar-refractivity contribution in [1.29, 1.82) is 0 Å². The standard InChI is InChI=1S/C13H26N4O3.2ClH/c1-3-15-12(18)11-16-5-7-17(8-6-16)13(19)10-14-4-9-20-2;;/h14H,3-11H2,1-2H3,(H,15,18);2*1H. The van der Waals surface area contributed by atoms with Gasteiger partial charge in [-0.25, -0.2) is 0 Å². The number of rotatable bonds is 8. The first-order valence-corrected chi connectivity index (χ1v) is 7.13. The summed E-state index contributed by atoms with van der Waals surface area (Å²) in [6.07, 6.45) is 0. The molecule has 1 aliphatic heterocycles. The quantitative estimate of drug-likeness (QED) is 0.564. The molecule has 1 rings (SSSR count). The predicted molar refractivity (Wildman–Crippen MR) is 90.9 cm³/mol. The highest BCUT2D eigenvalue weighted by Crippen LogP contribution is 2.01. The molecule has 2 N–H and O–H groups in total. The summed E-state index contributed by atoms with van der Waals surface area (Å²) in [5.41, 5.74) is 0. The lowest BCUT2D eigenvalue weighted by atomic mass is 10.3. The zero-order valence-electron chi connectivity index (χ0n) is 13.3. The Morgan fingerprint density at radius 3 is 2.32 bits per heavy atom. The van der Waals surface area contributed by atoms with Crippen LogP contribution in [0, 0.1) is 0 Å². The summed E-state index contributed by atoms with van der Waals surface area (Å²) < 4.78 is 4.91. The van der Waals surface area contributed by atoms with E-state index in [1.54, 1.807) is 7.11 Å². The largest absolute Gasteiger partial charge is 0.383 e. The number of ether oxygens (including phenoxy) is 1. The molecule has 1 aliphatic rings. The first-order chi connectivity index (χ1) is 9.67. The molecule has 2 amide bonds. The van der Waals surface area contributed by atoms with Crippen LogP contribution in [0.25, 0.3) is 0 Å². The van der Waals surface area contributed by atoms with E-state index in [4.69, 9.17) is 4.74 Å². The van der Waals surface area contributed by atoms with Gasteiger partial charge in [-0.15, -0.1) is 24.8 Å². The Balaban J connectivity index is 0. The van der Waals surface area contributed by atoms with E-state index in [9.17, 15) is 9.59 Å². The normalized spacial score (nSPS) is 14.7. The average Bonchev–Trinajstić information content (AvgIpc) is 2.44. The lowest BCUT2D eigenvalue weighted by molar-refractivity contribution is -0.132. The molecule has 0 aliphatic carbocycles. The number of nitrogens with one attached hydrogen (secondary N) is 2. The number of amides is 2. The summed E-state index contributed by atoms with van der Waals surface area (Å²) in [6, 6.07) is 0. The second kappa shape index (κ2) is 14.0. The number of hydrogen-bond acceptors (Lipinski definition) is 5. The lowest BCUT2D eigenvalue weighted by Gasteiger charge is -2.34. The van der Waals surface area contributed by atoms with Crippen molar-refractivity contribution in [1.82, 2.24) is 20.4 Å². The van der Waals surface area contributed by atoms with Gasteiger partial charge in [0.1, 0.15) is 0 Å². The molecule has 132 valence electrons. The Labute approximate surface area is 144 Å². The Hall–Kier alpha value is -0.600. The number of halogens is 2. The lowest BCUT2D eigenvalue weighted by Crippen LogP contribution is -2.52. The van der Waals surface area contributed by atoms with Gasteiger partial charge in [-0.2, -0.15) is 0 Å². The van der Waals surface area contributed by atoms with Crippen LogP contribution in [0.2, 0.25) is 0 Å². The molecule has 9 heteroatoms. The Bertz CT molecular complexity index is 314. The molecular formula is C13H28Cl2N4O3. The van der Waals surface area contributed by atoms with Crippen molar-refractivity contribution >= 4 is 36.6 Å². The van der Waals surface area contributed by atoms with Crippen molar-refractivity contribution in [3.8, 4) is 0 Å². The fourth-order valence-corrected chi connectivity index (χ4v) is 2.09. The van der Waals surface area contributed by atoms with E-state index in [1.165, 1.54) is 0 Å². The molecule has 0 aromatic carbocycles. The monoisotopic (exact) mass is 358 g/mol. The molecule has 1 saturated heterocycles. The van der Waals surface area contributed by atoms with Gasteiger partial charge in [-0.05, 0) is 6.92 Å². The summed E-state index contributed by atoms with van der Waals surface area (Å²) in [5.74, 6) is 0.160. The van der Waals surface area contributed by atoms with Crippen LogP contribution in [0.3, 0.4) is 0 Å². The minimum absolute atomic E-state index is 0. The highest BCUT2D eigenvalue weighted by atomic mass is 35.5. The number of likely N-dealkylation sites (N-methyl/N-ethyl adjacent to an activating group) is 1. The van der Waals surface area contributed by atoms with Crippen molar-refractivity contribution in [2.24, 2.45) is 0 Å². The predicted octanol–water partition coefficient (Wildman–Crippen LogP) is -0.654. The number of carbonyl (C=O) groups excluding carboxylic acids is 2. The molecule has 0 saturated carbocycles. The molecular weight excluding hydrogens is 331 g/mol. The third kappa shape index (κ3) is 9.42. The Kier molecular flexibility index (Phi) is 15.1. The minimum Gasteiger partial charge on any atom is -0.383 e. The second-order valence-corrected chi connectivity index (χ2v) is 4.78. The van der Waals surface area contributed by atoms with E-state index in [0.717, 1.165) is 13.1 Å². The van der Waals surface area contributed by atoms with Gasteiger partial charge in [0.15, 0.2) is 0 Å². The smallest absolute Gasteiger partial charge is 0.236 e. The van der Waals surface area contributed by atoms with Crippen molar-refractivity contribution in [2.45, 2.75) is 6.92 Å². The molecule has 0 atom stereocenters. The molecule has 0 bridgehead atoms. The van der Waals surface area contributed by atoms with Crippen LogP contribution in [0.5, 0.6) is 0 Å². The van der Waals surface area contributed by atoms with E-state index >= 15 is 0 Å². The molecule has 0 aromatic heterocycles. The van der Waals surface area contributed by atoms with Crippen molar-refractivity contribution in [3.63, 3.8) is 0 Å². The summed E-state index contributed by atoms with van der Waals surface area (Å²) in [4.78, 5) is 27.3. The third-order valence-corrected chi connectivity index (χ3v) is 3.23. The maximum Gasteiger partial charge on any atom is 0.236 e. The van der Waals surface area contributed by atoms with Crippen LogP contribution in [0.4, 0.5) is 0 Å². The van der Waals surface area contributed by atoms with Gasteiger partial charge >= 0.3 is 0 Å². The van der Waals surface area contributed by atoms with Gasteiger partial charge in [0.2, 0.25) is 11.8 Å². The van der Waals surface area contributed by atoms with Gasteiger partial charge in [0.25, 0.3) is 0 Å². The molecule has 0 spiro atoms. The van der Waals surface area contributed by atoms with Crippen LogP contribution < -0.4 is 10.6 Å². The van der Waals surface area contributed by atoms with E-state index in [-0.39, 0.29) is 36.6 Å². The topological polar surface area (TPSA) is 73.9 Å². The van der Waals surface area contributed by atoms with Crippen LogP contribution in [-0.2, 0) is 14.3 Å². The number of nitrogens with zero attached hydrogens (tertiary/aromatic N) is 2. The number of hydrogen-bond donors (Lipinski definition) is 2. The Morgan fingerprint density at radius 2 is 1.77 bits per heavy atom. The van der Waals surface area contributed by atoms with Gasteiger partial charge < -0.3 is 20.3 Å². The molecule has 0 radical (unpaired) electrons. The maximum absolute atomic E-state index is 11.9. The number of piperazine rings is 1. The molecule has 7 nitrogen and oxygen atoms in total. The fraction of sp³-hybridized carbons (Fsp3) is 0.846. The highest BCUT2D eigenvalue weighted by molar-refractivity contribution is 5.85. The molecule has 22 heavy (non-hydrogen) atoms. The number of methoxy groups -OCH3 is 1. The van der Waals surface area contributed by atoms with E-state index in [2.05, 4.69) is 15.5 Å². The van der Waals surface area contributed by atoms with Crippen LogP contribution >= 0.6 is 24.8 Å². The number of carbonyl (C=O) groups is 2. The average molecular weight is 359 g/mol. The third-order valence-electron chi connectivity index (χ3n) is 3.23. The highest BCUT2D eigenvalue weighted by Gasteiger charge is 2.21. The van der Waals surface area contributed by atoms with Gasteiger partial charge in [0.05, 0.1) is 19.7 Å². The van der Waals surface area contributed by atoms with Crippen LogP contribution in [-0.4, -0.2) is 87.7 Å². The molecule has 0 unspecified atom stereocenters. The zero-order valence-corrected chi connectivity index (χ0v) is 14.9. The van der Waals surface area contributed by atoms with Gasteiger partial charge in [0, 0.05) is 46.4 Å². The van der Waals surface area contributed by atoms with E-state index in [1.807, 2.05) is 11.8 Å².